The predicted octanol–water partition coefficient (Wildman–Crippen LogP) is 4.66. The summed E-state index contributed by atoms with van der Waals surface area (Å²) in [6.07, 6.45) is 4.63. The van der Waals surface area contributed by atoms with Gasteiger partial charge in [-0.3, -0.25) is 9.97 Å². The van der Waals surface area contributed by atoms with E-state index in [2.05, 4.69) is 24.8 Å². The third-order valence-electron chi connectivity index (χ3n) is 6.13. The maximum Gasteiger partial charge on any atom is 0.136 e. The number of ether oxygens (including phenoxy) is 1. The third kappa shape index (κ3) is 4.02. The fourth-order valence-corrected chi connectivity index (χ4v) is 4.33. The van der Waals surface area contributed by atoms with E-state index < -0.39 is 11.6 Å². The number of hydrogen-bond donors (Lipinski definition) is 0. The normalized spacial score (nSPS) is 15.1. The van der Waals surface area contributed by atoms with Crippen molar-refractivity contribution in [2.75, 3.05) is 31.2 Å². The van der Waals surface area contributed by atoms with Gasteiger partial charge in [-0.2, -0.15) is 0 Å². The standard InChI is InChI=1S/C25H23F2N5O/c1-15(24-16(2)28-5-6-29-24)17-3-4-20(26)19(11-17)25-23-21(27)12-18(13-22(23)30-14-31-25)32-7-9-33-10-8-32/h3-6,11-15H,7-10H2,1-2H3. The lowest BCUT2D eigenvalue weighted by Gasteiger charge is -2.29. The van der Waals surface area contributed by atoms with Crippen molar-refractivity contribution in [2.24, 2.45) is 0 Å². The highest BCUT2D eigenvalue weighted by Crippen LogP contribution is 2.35. The Hall–Kier alpha value is -3.52. The molecule has 0 amide bonds. The average Bonchev–Trinajstić information content (AvgIpc) is 2.84. The number of rotatable bonds is 4. The minimum absolute atomic E-state index is 0.121. The number of aromatic nitrogens is 4. The summed E-state index contributed by atoms with van der Waals surface area (Å²) < 4.78 is 35.8. The fraction of sp³-hybridized carbons (Fsp3) is 0.280. The number of nitrogens with zero attached hydrogens (tertiary/aromatic N) is 5. The largest absolute Gasteiger partial charge is 0.378 e. The first-order valence-electron chi connectivity index (χ1n) is 10.9. The second kappa shape index (κ2) is 8.78. The van der Waals surface area contributed by atoms with Crippen LogP contribution in [0.5, 0.6) is 0 Å². The molecule has 6 nitrogen and oxygen atoms in total. The summed E-state index contributed by atoms with van der Waals surface area (Å²) in [5.74, 6) is -1.07. The smallest absolute Gasteiger partial charge is 0.136 e. The summed E-state index contributed by atoms with van der Waals surface area (Å²) in [5, 5.41) is 0.203. The minimum Gasteiger partial charge on any atom is -0.378 e. The van der Waals surface area contributed by atoms with Gasteiger partial charge in [0, 0.05) is 42.7 Å². The van der Waals surface area contributed by atoms with Gasteiger partial charge in [0.25, 0.3) is 0 Å². The minimum atomic E-state index is -0.479. The molecule has 0 spiro atoms. The van der Waals surface area contributed by atoms with E-state index in [1.807, 2.05) is 19.9 Å². The van der Waals surface area contributed by atoms with E-state index in [1.165, 1.54) is 18.5 Å². The van der Waals surface area contributed by atoms with Gasteiger partial charge in [-0.1, -0.05) is 13.0 Å². The van der Waals surface area contributed by atoms with Crippen molar-refractivity contribution in [1.82, 2.24) is 19.9 Å². The predicted molar refractivity (Wildman–Crippen MR) is 122 cm³/mol. The van der Waals surface area contributed by atoms with Gasteiger partial charge in [-0.15, -0.1) is 0 Å². The van der Waals surface area contributed by atoms with Crippen molar-refractivity contribution in [3.05, 3.63) is 77.6 Å². The molecule has 1 aliphatic rings. The monoisotopic (exact) mass is 447 g/mol. The Morgan fingerprint density at radius 1 is 0.939 bits per heavy atom. The van der Waals surface area contributed by atoms with E-state index in [9.17, 15) is 4.39 Å². The van der Waals surface area contributed by atoms with Gasteiger partial charge >= 0.3 is 0 Å². The maximum atomic E-state index is 15.4. The number of morpholine rings is 1. The van der Waals surface area contributed by atoms with Crippen molar-refractivity contribution in [3.8, 4) is 11.3 Å². The molecule has 1 fully saturated rings. The Balaban J connectivity index is 1.60. The lowest BCUT2D eigenvalue weighted by atomic mass is 9.93. The van der Waals surface area contributed by atoms with Crippen LogP contribution < -0.4 is 4.90 Å². The SMILES string of the molecule is Cc1nccnc1C(C)c1ccc(F)c(-c2ncnc3cc(N4CCOCC4)cc(F)c23)c1. The van der Waals surface area contributed by atoms with E-state index in [0.717, 1.165) is 22.6 Å². The molecule has 0 N–H and O–H groups in total. The van der Waals surface area contributed by atoms with Gasteiger partial charge in [0.1, 0.15) is 18.0 Å². The molecule has 0 radical (unpaired) electrons. The Labute approximate surface area is 190 Å². The zero-order valence-corrected chi connectivity index (χ0v) is 18.4. The van der Waals surface area contributed by atoms with Crippen molar-refractivity contribution in [1.29, 1.82) is 0 Å². The maximum absolute atomic E-state index is 15.4. The molecule has 4 aromatic rings. The van der Waals surface area contributed by atoms with Crippen molar-refractivity contribution >= 4 is 16.6 Å². The first-order chi connectivity index (χ1) is 16.0. The van der Waals surface area contributed by atoms with Crippen LogP contribution in [-0.4, -0.2) is 46.2 Å². The summed E-state index contributed by atoms with van der Waals surface area (Å²) in [6, 6.07) is 8.11. The zero-order chi connectivity index (χ0) is 22.9. The second-order valence-corrected chi connectivity index (χ2v) is 8.13. The van der Waals surface area contributed by atoms with Crippen LogP contribution in [0.1, 0.15) is 29.8 Å². The molecule has 1 unspecified atom stereocenters. The molecular formula is C25H23F2N5O. The second-order valence-electron chi connectivity index (χ2n) is 8.13. The molecule has 8 heteroatoms. The number of aryl methyl sites for hydroxylation is 1. The van der Waals surface area contributed by atoms with Gasteiger partial charge in [-0.05, 0) is 36.8 Å². The summed E-state index contributed by atoms with van der Waals surface area (Å²) >= 11 is 0. The summed E-state index contributed by atoms with van der Waals surface area (Å²) in [6.45, 7) is 6.43. The molecule has 168 valence electrons. The highest BCUT2D eigenvalue weighted by molar-refractivity contribution is 5.94. The molecule has 1 aliphatic heterocycles. The van der Waals surface area contributed by atoms with Crippen LogP contribution in [0.25, 0.3) is 22.2 Å². The number of hydrogen-bond acceptors (Lipinski definition) is 6. The first-order valence-corrected chi connectivity index (χ1v) is 10.9. The lowest BCUT2D eigenvalue weighted by molar-refractivity contribution is 0.122. The van der Waals surface area contributed by atoms with Crippen LogP contribution in [0, 0.1) is 18.6 Å². The molecule has 33 heavy (non-hydrogen) atoms. The van der Waals surface area contributed by atoms with Gasteiger partial charge in [0.2, 0.25) is 0 Å². The molecule has 5 rings (SSSR count). The average molecular weight is 447 g/mol. The van der Waals surface area contributed by atoms with Crippen molar-refractivity contribution < 1.29 is 13.5 Å². The fourth-order valence-electron chi connectivity index (χ4n) is 4.33. The van der Waals surface area contributed by atoms with Gasteiger partial charge in [0.05, 0.1) is 41.2 Å². The Kier molecular flexibility index (Phi) is 5.68. The summed E-state index contributed by atoms with van der Waals surface area (Å²) in [4.78, 5) is 19.4. The lowest BCUT2D eigenvalue weighted by Crippen LogP contribution is -2.36. The molecular weight excluding hydrogens is 424 g/mol. The van der Waals surface area contributed by atoms with Crippen LogP contribution in [0.3, 0.4) is 0 Å². The summed E-state index contributed by atoms with van der Waals surface area (Å²) in [7, 11) is 0. The van der Waals surface area contributed by atoms with E-state index in [4.69, 9.17) is 4.74 Å². The number of fused-ring (bicyclic) bond motifs is 1. The van der Waals surface area contributed by atoms with Crippen LogP contribution >= 0.6 is 0 Å². The topological polar surface area (TPSA) is 64.0 Å². The van der Waals surface area contributed by atoms with Crippen LogP contribution in [0.2, 0.25) is 0 Å². The summed E-state index contributed by atoms with van der Waals surface area (Å²) in [5.41, 5.74) is 4.08. The molecule has 1 saturated heterocycles. The van der Waals surface area contributed by atoms with E-state index in [1.54, 1.807) is 24.5 Å². The van der Waals surface area contributed by atoms with Gasteiger partial charge in [0.15, 0.2) is 0 Å². The number of anilines is 1. The Morgan fingerprint density at radius 3 is 2.52 bits per heavy atom. The highest BCUT2D eigenvalue weighted by Gasteiger charge is 2.21. The van der Waals surface area contributed by atoms with Gasteiger partial charge in [-0.25, -0.2) is 18.7 Å². The van der Waals surface area contributed by atoms with Crippen LogP contribution in [-0.2, 0) is 4.74 Å². The van der Waals surface area contributed by atoms with Crippen LogP contribution in [0.15, 0.2) is 49.1 Å². The van der Waals surface area contributed by atoms with Gasteiger partial charge < -0.3 is 9.64 Å². The Morgan fingerprint density at radius 2 is 1.73 bits per heavy atom. The quantitative estimate of drug-likeness (QED) is 0.453. The number of halogens is 2. The van der Waals surface area contributed by atoms with E-state index in [-0.39, 0.29) is 22.6 Å². The molecule has 0 aliphatic carbocycles. The Bertz CT molecular complexity index is 1320. The van der Waals surface area contributed by atoms with E-state index in [0.29, 0.717) is 31.8 Å². The van der Waals surface area contributed by atoms with Crippen LogP contribution in [0.4, 0.5) is 14.5 Å². The van der Waals surface area contributed by atoms with Crippen molar-refractivity contribution in [3.63, 3.8) is 0 Å². The molecule has 2 aromatic heterocycles. The number of benzene rings is 2. The highest BCUT2D eigenvalue weighted by atomic mass is 19.1. The molecule has 0 saturated carbocycles. The molecule has 2 aromatic carbocycles. The molecule has 3 heterocycles. The molecule has 0 bridgehead atoms. The first kappa shape index (κ1) is 21.3. The van der Waals surface area contributed by atoms with E-state index >= 15 is 4.39 Å². The zero-order valence-electron chi connectivity index (χ0n) is 18.4. The molecule has 1 atom stereocenters. The third-order valence-corrected chi connectivity index (χ3v) is 6.13. The van der Waals surface area contributed by atoms with Crippen molar-refractivity contribution in [2.45, 2.75) is 19.8 Å².